The van der Waals surface area contributed by atoms with Crippen molar-refractivity contribution >= 4 is 17.7 Å². The number of benzene rings is 2. The summed E-state index contributed by atoms with van der Waals surface area (Å²) in [6, 6.07) is 13.6. The Bertz CT molecular complexity index is 834. The Morgan fingerprint density at radius 1 is 0.963 bits per heavy atom. The van der Waals surface area contributed by atoms with Gasteiger partial charge < -0.3 is 35.1 Å². The molecule has 0 heterocycles. The zero-order valence-corrected chi connectivity index (χ0v) is 14.2. The number of oxime groups is 1. The summed E-state index contributed by atoms with van der Waals surface area (Å²) in [5.74, 6) is -3.58. The molecule has 0 saturated carbocycles. The molecule has 0 fully saturated rings. The molecular formula is C19H17N2O6-. The zero-order chi connectivity index (χ0) is 19.4. The van der Waals surface area contributed by atoms with Crippen LogP contribution in [-0.2, 0) is 14.4 Å². The molecule has 1 aliphatic carbocycles. The van der Waals surface area contributed by atoms with E-state index >= 15 is 0 Å². The van der Waals surface area contributed by atoms with Crippen LogP contribution in [0.1, 0.15) is 11.1 Å². The highest BCUT2D eigenvalue weighted by molar-refractivity contribution is 6.24. The maximum atomic E-state index is 10.7. The molecule has 0 aromatic heterocycles. The highest BCUT2D eigenvalue weighted by atomic mass is 16.6. The lowest BCUT2D eigenvalue weighted by molar-refractivity contribution is -0.683. The van der Waals surface area contributed by atoms with Crippen LogP contribution in [0, 0.1) is 0 Å². The van der Waals surface area contributed by atoms with Crippen molar-refractivity contribution in [2.75, 3.05) is 13.2 Å². The maximum absolute atomic E-state index is 10.7. The summed E-state index contributed by atoms with van der Waals surface area (Å²) in [4.78, 5) is 26.6. The molecular weight excluding hydrogens is 352 g/mol. The predicted molar refractivity (Wildman–Crippen MR) is 90.1 cm³/mol. The van der Waals surface area contributed by atoms with Crippen LogP contribution in [0.2, 0.25) is 0 Å². The molecule has 0 saturated heterocycles. The van der Waals surface area contributed by atoms with Gasteiger partial charge >= 0.3 is 0 Å². The van der Waals surface area contributed by atoms with Crippen LogP contribution in [-0.4, -0.2) is 48.1 Å². The minimum absolute atomic E-state index is 0.218. The number of hydrogen-bond donors (Lipinski definition) is 2. The third kappa shape index (κ3) is 3.97. The molecule has 1 atom stereocenters. The van der Waals surface area contributed by atoms with Gasteiger partial charge in [-0.25, -0.2) is 0 Å². The SMILES string of the molecule is O=C([O-])C([NH2+]C[C@H](O)CON=C1c2ccccc2-c2ccccc21)C(=O)[O-]. The first-order valence-corrected chi connectivity index (χ1v) is 8.31. The number of rotatable bonds is 8. The molecule has 2 aromatic carbocycles. The summed E-state index contributed by atoms with van der Waals surface area (Å²) in [5, 5.41) is 36.3. The van der Waals surface area contributed by atoms with Crippen LogP contribution in [0.5, 0.6) is 0 Å². The Hall–Kier alpha value is -3.23. The standard InChI is InChI=1S/C19H18N2O6/c22-11(9-20-17(18(23)24)19(25)26)10-27-21-16-14-7-3-1-5-12(14)13-6-2-4-8-15(13)16/h1-8,11,17,20,22H,9-10H2,(H,23,24)(H,25,26)/p-1/t11-/m0/s1. The van der Waals surface area contributed by atoms with Crippen molar-refractivity contribution < 1.29 is 35.1 Å². The molecule has 0 amide bonds. The molecule has 8 nitrogen and oxygen atoms in total. The molecule has 2 aromatic rings. The third-order valence-electron chi connectivity index (χ3n) is 4.23. The molecule has 0 unspecified atom stereocenters. The monoisotopic (exact) mass is 369 g/mol. The topological polar surface area (TPSA) is 139 Å². The smallest absolute Gasteiger partial charge is 0.166 e. The van der Waals surface area contributed by atoms with E-state index in [0.717, 1.165) is 27.6 Å². The summed E-state index contributed by atoms with van der Waals surface area (Å²) in [5.41, 5.74) is 4.53. The number of carbonyl (C=O) groups excluding carboxylic acids is 2. The fourth-order valence-corrected chi connectivity index (χ4v) is 2.93. The number of quaternary nitrogens is 1. The second-order valence-electron chi connectivity index (χ2n) is 6.07. The van der Waals surface area contributed by atoms with Crippen LogP contribution in [0.25, 0.3) is 11.1 Å². The zero-order valence-electron chi connectivity index (χ0n) is 14.2. The van der Waals surface area contributed by atoms with Crippen LogP contribution < -0.4 is 15.5 Å². The van der Waals surface area contributed by atoms with Gasteiger partial charge in [-0.2, -0.15) is 0 Å². The number of fused-ring (bicyclic) bond motifs is 3. The van der Waals surface area contributed by atoms with Crippen molar-refractivity contribution in [1.82, 2.24) is 0 Å². The number of aliphatic hydroxyl groups is 1. The van der Waals surface area contributed by atoms with Gasteiger partial charge in [0.2, 0.25) is 0 Å². The van der Waals surface area contributed by atoms with E-state index in [9.17, 15) is 24.9 Å². The van der Waals surface area contributed by atoms with Gasteiger partial charge in [0.15, 0.2) is 6.04 Å². The van der Waals surface area contributed by atoms with Gasteiger partial charge in [0, 0.05) is 11.1 Å². The molecule has 0 bridgehead atoms. The fourth-order valence-electron chi connectivity index (χ4n) is 2.93. The number of carbonyl (C=O) groups is 2. The normalized spacial score (nSPS) is 13.0. The van der Waals surface area contributed by atoms with E-state index in [1.165, 1.54) is 0 Å². The van der Waals surface area contributed by atoms with Gasteiger partial charge in [-0.15, -0.1) is 0 Å². The molecule has 27 heavy (non-hydrogen) atoms. The molecule has 3 rings (SSSR count). The lowest BCUT2D eigenvalue weighted by Crippen LogP contribution is -2.97. The lowest BCUT2D eigenvalue weighted by Gasteiger charge is -2.18. The number of hydrogen-bond acceptors (Lipinski definition) is 7. The van der Waals surface area contributed by atoms with E-state index in [2.05, 4.69) is 5.16 Å². The first kappa shape index (κ1) is 18.6. The van der Waals surface area contributed by atoms with Crippen molar-refractivity contribution in [1.29, 1.82) is 0 Å². The maximum Gasteiger partial charge on any atom is 0.166 e. The summed E-state index contributed by atoms with van der Waals surface area (Å²) < 4.78 is 0. The lowest BCUT2D eigenvalue weighted by atomic mass is 10.1. The molecule has 0 aliphatic heterocycles. The quantitative estimate of drug-likeness (QED) is 0.325. The Labute approximate surface area is 154 Å². The van der Waals surface area contributed by atoms with E-state index in [-0.39, 0.29) is 13.2 Å². The van der Waals surface area contributed by atoms with Gasteiger partial charge in [0.25, 0.3) is 0 Å². The number of nitrogens with two attached hydrogens (primary N) is 1. The van der Waals surface area contributed by atoms with E-state index in [1.54, 1.807) is 0 Å². The first-order valence-electron chi connectivity index (χ1n) is 8.31. The Morgan fingerprint density at radius 2 is 1.44 bits per heavy atom. The Morgan fingerprint density at radius 3 is 1.93 bits per heavy atom. The second-order valence-corrected chi connectivity index (χ2v) is 6.07. The van der Waals surface area contributed by atoms with Crippen molar-refractivity contribution in [3.63, 3.8) is 0 Å². The predicted octanol–water partition coefficient (Wildman–Crippen LogP) is -2.77. The van der Waals surface area contributed by atoms with Gasteiger partial charge in [0.05, 0.1) is 0 Å². The summed E-state index contributed by atoms with van der Waals surface area (Å²) in [6.07, 6.45) is -1.12. The summed E-state index contributed by atoms with van der Waals surface area (Å²) in [7, 11) is 0. The van der Waals surface area contributed by atoms with Crippen LogP contribution >= 0.6 is 0 Å². The summed E-state index contributed by atoms with van der Waals surface area (Å²) >= 11 is 0. The minimum Gasteiger partial charge on any atom is -0.544 e. The van der Waals surface area contributed by atoms with Crippen molar-refractivity contribution in [3.05, 3.63) is 59.7 Å². The number of carboxylic acid groups (broad SMARTS) is 2. The Balaban J connectivity index is 1.65. The van der Waals surface area contributed by atoms with Crippen molar-refractivity contribution in [2.24, 2.45) is 5.16 Å². The van der Waals surface area contributed by atoms with Crippen LogP contribution in [0.3, 0.4) is 0 Å². The largest absolute Gasteiger partial charge is 0.544 e. The third-order valence-corrected chi connectivity index (χ3v) is 4.23. The van der Waals surface area contributed by atoms with Gasteiger partial charge in [0.1, 0.15) is 36.9 Å². The number of carboxylic acids is 2. The van der Waals surface area contributed by atoms with E-state index in [1.807, 2.05) is 48.5 Å². The summed E-state index contributed by atoms with van der Waals surface area (Å²) in [6.45, 7) is -0.443. The van der Waals surface area contributed by atoms with E-state index in [0.29, 0.717) is 5.71 Å². The highest BCUT2D eigenvalue weighted by Crippen LogP contribution is 2.36. The van der Waals surface area contributed by atoms with Crippen molar-refractivity contribution in [2.45, 2.75) is 12.1 Å². The molecule has 3 N–H and O–H groups in total. The van der Waals surface area contributed by atoms with Crippen LogP contribution in [0.4, 0.5) is 0 Å². The molecule has 140 valence electrons. The van der Waals surface area contributed by atoms with Gasteiger partial charge in [-0.1, -0.05) is 53.7 Å². The van der Waals surface area contributed by atoms with Gasteiger partial charge in [-0.05, 0) is 11.1 Å². The number of aliphatic carboxylic acids is 2. The Kier molecular flexibility index (Phi) is 5.49. The minimum atomic E-state index is -1.89. The molecule has 0 radical (unpaired) electrons. The van der Waals surface area contributed by atoms with E-state index in [4.69, 9.17) is 4.84 Å². The van der Waals surface area contributed by atoms with Gasteiger partial charge in [-0.3, -0.25) is 0 Å². The van der Waals surface area contributed by atoms with Crippen LogP contribution in [0.15, 0.2) is 53.7 Å². The average Bonchev–Trinajstić information content (AvgIpc) is 2.96. The number of nitrogens with zero attached hydrogens (tertiary/aromatic N) is 1. The fraction of sp³-hybridized carbons (Fsp3) is 0.211. The molecule has 8 heteroatoms. The average molecular weight is 369 g/mol. The molecule has 0 spiro atoms. The first-order chi connectivity index (χ1) is 13.0. The second kappa shape index (κ2) is 7.98. The molecule has 1 aliphatic rings. The van der Waals surface area contributed by atoms with E-state index < -0.39 is 24.1 Å². The number of aliphatic hydroxyl groups excluding tert-OH is 1. The highest BCUT2D eigenvalue weighted by Gasteiger charge is 2.24. The van der Waals surface area contributed by atoms with Crippen molar-refractivity contribution in [3.8, 4) is 11.1 Å².